The van der Waals surface area contributed by atoms with E-state index in [1.807, 2.05) is 7.05 Å². The van der Waals surface area contributed by atoms with E-state index >= 15 is 0 Å². The Kier molecular flexibility index (Phi) is 7.42. The molecular formula is C14H29IN4. The molecule has 0 aromatic rings. The fourth-order valence-corrected chi connectivity index (χ4v) is 3.14. The minimum Gasteiger partial charge on any atom is -0.356 e. The molecule has 2 saturated heterocycles. The summed E-state index contributed by atoms with van der Waals surface area (Å²) in [7, 11) is 4.11. The molecule has 2 heterocycles. The van der Waals surface area contributed by atoms with Crippen molar-refractivity contribution in [2.75, 3.05) is 46.8 Å². The molecule has 0 amide bonds. The van der Waals surface area contributed by atoms with Gasteiger partial charge in [0, 0.05) is 33.2 Å². The van der Waals surface area contributed by atoms with Gasteiger partial charge in [0.1, 0.15) is 0 Å². The number of likely N-dealkylation sites (tertiary alicyclic amines) is 2. The van der Waals surface area contributed by atoms with Gasteiger partial charge in [-0.25, -0.2) is 0 Å². The molecule has 0 spiro atoms. The van der Waals surface area contributed by atoms with Crippen LogP contribution in [0.25, 0.3) is 0 Å². The molecule has 2 aliphatic rings. The van der Waals surface area contributed by atoms with Crippen LogP contribution in [0.5, 0.6) is 0 Å². The Morgan fingerprint density at radius 1 is 1.26 bits per heavy atom. The standard InChI is InChI=1S/C14H28N4.HI/c1-12-5-4-7-18(10-12)14(15-2)16-9-13-6-8-17(3)11-13;/h12-13H,4-11H2,1-3H3,(H,15,16);1H. The fraction of sp³-hybridized carbons (Fsp3) is 0.929. The summed E-state index contributed by atoms with van der Waals surface area (Å²) in [5, 5.41) is 3.57. The van der Waals surface area contributed by atoms with Gasteiger partial charge in [-0.15, -0.1) is 24.0 Å². The highest BCUT2D eigenvalue weighted by Gasteiger charge is 2.22. The molecule has 2 fully saturated rings. The van der Waals surface area contributed by atoms with Crippen LogP contribution in [0.4, 0.5) is 0 Å². The van der Waals surface area contributed by atoms with E-state index in [2.05, 4.69) is 34.1 Å². The largest absolute Gasteiger partial charge is 0.356 e. The predicted molar refractivity (Wildman–Crippen MR) is 92.4 cm³/mol. The van der Waals surface area contributed by atoms with Crippen LogP contribution in [0.15, 0.2) is 4.99 Å². The Hall–Kier alpha value is -0.0400. The van der Waals surface area contributed by atoms with Crippen LogP contribution in [0, 0.1) is 11.8 Å². The Labute approximate surface area is 135 Å². The maximum atomic E-state index is 4.44. The first-order valence-corrected chi connectivity index (χ1v) is 7.33. The molecule has 0 aromatic carbocycles. The number of guanidine groups is 1. The first kappa shape index (κ1) is 17.0. The van der Waals surface area contributed by atoms with Crippen molar-refractivity contribution in [1.82, 2.24) is 15.1 Å². The normalized spacial score (nSPS) is 29.2. The second-order valence-corrected chi connectivity index (χ2v) is 6.04. The number of rotatable bonds is 2. The van der Waals surface area contributed by atoms with Gasteiger partial charge >= 0.3 is 0 Å². The molecule has 0 radical (unpaired) electrons. The van der Waals surface area contributed by atoms with Crippen molar-refractivity contribution in [2.45, 2.75) is 26.2 Å². The number of hydrogen-bond donors (Lipinski definition) is 1. The maximum absolute atomic E-state index is 4.44. The monoisotopic (exact) mass is 380 g/mol. The summed E-state index contributed by atoms with van der Waals surface area (Å²) in [6.45, 7) is 8.19. The number of aliphatic imine (C=N–C) groups is 1. The Morgan fingerprint density at radius 2 is 2.05 bits per heavy atom. The first-order valence-electron chi connectivity index (χ1n) is 7.33. The van der Waals surface area contributed by atoms with Crippen LogP contribution < -0.4 is 5.32 Å². The van der Waals surface area contributed by atoms with Crippen molar-refractivity contribution in [1.29, 1.82) is 0 Å². The summed E-state index contributed by atoms with van der Waals surface area (Å²) in [6.07, 6.45) is 3.98. The molecule has 2 atom stereocenters. The third-order valence-corrected chi connectivity index (χ3v) is 4.21. The molecule has 2 aliphatic heterocycles. The highest BCUT2D eigenvalue weighted by atomic mass is 127. The van der Waals surface area contributed by atoms with Gasteiger partial charge in [0.2, 0.25) is 0 Å². The lowest BCUT2D eigenvalue weighted by molar-refractivity contribution is 0.264. The molecule has 0 bridgehead atoms. The van der Waals surface area contributed by atoms with Crippen molar-refractivity contribution in [2.24, 2.45) is 16.8 Å². The number of nitrogens with one attached hydrogen (secondary N) is 1. The summed E-state index contributed by atoms with van der Waals surface area (Å²) >= 11 is 0. The molecule has 2 unspecified atom stereocenters. The molecule has 0 saturated carbocycles. The lowest BCUT2D eigenvalue weighted by Gasteiger charge is -2.33. The molecule has 19 heavy (non-hydrogen) atoms. The van der Waals surface area contributed by atoms with Crippen LogP contribution >= 0.6 is 24.0 Å². The van der Waals surface area contributed by atoms with E-state index in [0.29, 0.717) is 0 Å². The topological polar surface area (TPSA) is 30.9 Å². The zero-order chi connectivity index (χ0) is 13.0. The van der Waals surface area contributed by atoms with E-state index < -0.39 is 0 Å². The Balaban J connectivity index is 0.00000180. The van der Waals surface area contributed by atoms with Crippen LogP contribution in [-0.4, -0.2) is 62.6 Å². The molecule has 4 nitrogen and oxygen atoms in total. The number of piperidine rings is 1. The van der Waals surface area contributed by atoms with Gasteiger partial charge in [-0.3, -0.25) is 4.99 Å². The molecule has 1 N–H and O–H groups in total. The van der Waals surface area contributed by atoms with Gasteiger partial charge < -0.3 is 15.1 Å². The Morgan fingerprint density at radius 3 is 2.63 bits per heavy atom. The van der Waals surface area contributed by atoms with Crippen LogP contribution in [0.1, 0.15) is 26.2 Å². The molecule has 112 valence electrons. The average Bonchev–Trinajstić information content (AvgIpc) is 2.76. The van der Waals surface area contributed by atoms with E-state index in [1.54, 1.807) is 0 Å². The van der Waals surface area contributed by atoms with Gasteiger partial charge in [-0.2, -0.15) is 0 Å². The third kappa shape index (κ3) is 5.10. The minimum atomic E-state index is 0. The van der Waals surface area contributed by atoms with Crippen molar-refractivity contribution < 1.29 is 0 Å². The minimum absolute atomic E-state index is 0. The van der Waals surface area contributed by atoms with Crippen molar-refractivity contribution in [3.05, 3.63) is 0 Å². The molecular weight excluding hydrogens is 351 g/mol. The van der Waals surface area contributed by atoms with Crippen LogP contribution in [0.3, 0.4) is 0 Å². The van der Waals surface area contributed by atoms with Gasteiger partial charge in [0.05, 0.1) is 0 Å². The first-order chi connectivity index (χ1) is 8.69. The second-order valence-electron chi connectivity index (χ2n) is 6.04. The van der Waals surface area contributed by atoms with Crippen molar-refractivity contribution in [3.8, 4) is 0 Å². The average molecular weight is 380 g/mol. The van der Waals surface area contributed by atoms with Crippen LogP contribution in [0.2, 0.25) is 0 Å². The zero-order valence-corrected chi connectivity index (χ0v) is 14.9. The fourth-order valence-electron chi connectivity index (χ4n) is 3.14. The number of hydrogen-bond acceptors (Lipinski definition) is 2. The summed E-state index contributed by atoms with van der Waals surface area (Å²) < 4.78 is 0. The quantitative estimate of drug-likeness (QED) is 0.451. The van der Waals surface area contributed by atoms with Gasteiger partial charge in [-0.05, 0) is 44.7 Å². The zero-order valence-electron chi connectivity index (χ0n) is 12.6. The van der Waals surface area contributed by atoms with E-state index in [-0.39, 0.29) is 24.0 Å². The Bertz CT molecular complexity index is 295. The van der Waals surface area contributed by atoms with E-state index in [9.17, 15) is 0 Å². The lowest BCUT2D eigenvalue weighted by Crippen LogP contribution is -2.47. The molecule has 0 aliphatic carbocycles. The molecule has 5 heteroatoms. The van der Waals surface area contributed by atoms with Gasteiger partial charge in [0.15, 0.2) is 5.96 Å². The van der Waals surface area contributed by atoms with Gasteiger partial charge in [-0.1, -0.05) is 6.92 Å². The highest BCUT2D eigenvalue weighted by molar-refractivity contribution is 14.0. The maximum Gasteiger partial charge on any atom is 0.193 e. The summed E-state index contributed by atoms with van der Waals surface area (Å²) in [6, 6.07) is 0. The highest BCUT2D eigenvalue weighted by Crippen LogP contribution is 2.16. The summed E-state index contributed by atoms with van der Waals surface area (Å²) in [5.41, 5.74) is 0. The summed E-state index contributed by atoms with van der Waals surface area (Å²) in [4.78, 5) is 9.28. The SMILES string of the molecule is CN=C(NCC1CCN(C)C1)N1CCCC(C)C1.I. The van der Waals surface area contributed by atoms with E-state index in [1.165, 1.54) is 32.4 Å². The number of halogens is 1. The lowest BCUT2D eigenvalue weighted by atomic mass is 10.0. The van der Waals surface area contributed by atoms with E-state index in [0.717, 1.165) is 37.4 Å². The molecule has 2 rings (SSSR count). The smallest absolute Gasteiger partial charge is 0.193 e. The molecule has 0 aromatic heterocycles. The van der Waals surface area contributed by atoms with E-state index in [4.69, 9.17) is 0 Å². The van der Waals surface area contributed by atoms with Gasteiger partial charge in [0.25, 0.3) is 0 Å². The van der Waals surface area contributed by atoms with Crippen molar-refractivity contribution >= 4 is 29.9 Å². The summed E-state index contributed by atoms with van der Waals surface area (Å²) in [5.74, 6) is 2.69. The second kappa shape index (κ2) is 8.29. The van der Waals surface area contributed by atoms with Crippen molar-refractivity contribution in [3.63, 3.8) is 0 Å². The third-order valence-electron chi connectivity index (χ3n) is 4.21. The van der Waals surface area contributed by atoms with Crippen LogP contribution in [-0.2, 0) is 0 Å². The predicted octanol–water partition coefficient (Wildman–Crippen LogP) is 1.86. The number of nitrogens with zero attached hydrogens (tertiary/aromatic N) is 3.